The second-order valence-electron chi connectivity index (χ2n) is 5.42. The SMILES string of the molecule is CCOCCN(CCOCC)C1CC(N)c2ccccc21. The molecule has 0 spiro atoms. The quantitative estimate of drug-likeness (QED) is 0.710. The molecule has 0 amide bonds. The summed E-state index contributed by atoms with van der Waals surface area (Å²) in [4.78, 5) is 2.46. The standard InChI is InChI=1S/C17H28N2O2/c1-3-20-11-9-19(10-12-21-4-2)17-13-16(18)14-7-5-6-8-15(14)17/h5-8,16-17H,3-4,9-13,18H2,1-2H3. The highest BCUT2D eigenvalue weighted by atomic mass is 16.5. The van der Waals surface area contributed by atoms with Crippen LogP contribution in [-0.4, -0.2) is 44.4 Å². The predicted molar refractivity (Wildman–Crippen MR) is 85.3 cm³/mol. The van der Waals surface area contributed by atoms with Gasteiger partial charge in [-0.1, -0.05) is 24.3 Å². The molecule has 2 N–H and O–H groups in total. The molecule has 118 valence electrons. The maximum atomic E-state index is 6.30. The fraction of sp³-hybridized carbons (Fsp3) is 0.647. The normalized spacial score (nSPS) is 21.0. The first kappa shape index (κ1) is 16.4. The zero-order valence-corrected chi connectivity index (χ0v) is 13.3. The molecule has 4 heteroatoms. The predicted octanol–water partition coefficient (Wildman–Crippen LogP) is 2.51. The minimum atomic E-state index is 0.146. The Labute approximate surface area is 128 Å². The molecule has 2 unspecified atom stereocenters. The van der Waals surface area contributed by atoms with Crippen molar-refractivity contribution in [2.24, 2.45) is 5.73 Å². The third-order valence-electron chi connectivity index (χ3n) is 4.13. The summed E-state index contributed by atoms with van der Waals surface area (Å²) in [6.07, 6.45) is 0.984. The van der Waals surface area contributed by atoms with Gasteiger partial charge in [0.15, 0.2) is 0 Å². The Balaban J connectivity index is 2.05. The Bertz CT molecular complexity index is 415. The van der Waals surface area contributed by atoms with E-state index in [0.29, 0.717) is 6.04 Å². The van der Waals surface area contributed by atoms with Crippen molar-refractivity contribution >= 4 is 0 Å². The highest BCUT2D eigenvalue weighted by molar-refractivity contribution is 5.37. The van der Waals surface area contributed by atoms with Crippen molar-refractivity contribution in [3.8, 4) is 0 Å². The maximum absolute atomic E-state index is 6.30. The number of benzene rings is 1. The van der Waals surface area contributed by atoms with Crippen LogP contribution < -0.4 is 5.73 Å². The lowest BCUT2D eigenvalue weighted by molar-refractivity contribution is 0.0615. The van der Waals surface area contributed by atoms with Crippen molar-refractivity contribution in [1.82, 2.24) is 4.90 Å². The highest BCUT2D eigenvalue weighted by Gasteiger charge is 2.32. The summed E-state index contributed by atoms with van der Waals surface area (Å²) in [5, 5.41) is 0. The molecule has 2 atom stereocenters. The summed E-state index contributed by atoms with van der Waals surface area (Å²) in [5.41, 5.74) is 8.96. The molecule has 0 saturated heterocycles. The third kappa shape index (κ3) is 4.27. The number of ether oxygens (including phenoxy) is 2. The monoisotopic (exact) mass is 292 g/mol. The zero-order chi connectivity index (χ0) is 15.1. The average molecular weight is 292 g/mol. The smallest absolute Gasteiger partial charge is 0.0593 e. The minimum Gasteiger partial charge on any atom is -0.380 e. The molecular weight excluding hydrogens is 264 g/mol. The first-order valence-corrected chi connectivity index (χ1v) is 8.01. The summed E-state index contributed by atoms with van der Waals surface area (Å²) in [5.74, 6) is 0. The van der Waals surface area contributed by atoms with E-state index in [1.807, 2.05) is 13.8 Å². The van der Waals surface area contributed by atoms with Crippen LogP contribution in [0.25, 0.3) is 0 Å². The summed E-state index contributed by atoms with van der Waals surface area (Å²) in [7, 11) is 0. The van der Waals surface area contributed by atoms with E-state index in [4.69, 9.17) is 15.2 Å². The van der Waals surface area contributed by atoms with Gasteiger partial charge >= 0.3 is 0 Å². The molecule has 0 bridgehead atoms. The second kappa shape index (κ2) is 8.49. The van der Waals surface area contributed by atoms with E-state index in [9.17, 15) is 0 Å². The Hall–Kier alpha value is -0.940. The van der Waals surface area contributed by atoms with Crippen LogP contribution in [0.3, 0.4) is 0 Å². The van der Waals surface area contributed by atoms with Gasteiger partial charge in [0.1, 0.15) is 0 Å². The van der Waals surface area contributed by atoms with Gasteiger partial charge in [0.05, 0.1) is 13.2 Å². The highest BCUT2D eigenvalue weighted by Crippen LogP contribution is 2.40. The Morgan fingerprint density at radius 1 is 1.05 bits per heavy atom. The molecular formula is C17H28N2O2. The van der Waals surface area contributed by atoms with Gasteiger partial charge in [-0.15, -0.1) is 0 Å². The van der Waals surface area contributed by atoms with Gasteiger partial charge < -0.3 is 15.2 Å². The number of fused-ring (bicyclic) bond motifs is 1. The largest absolute Gasteiger partial charge is 0.380 e. The lowest BCUT2D eigenvalue weighted by Gasteiger charge is -2.29. The van der Waals surface area contributed by atoms with Crippen LogP contribution in [0.4, 0.5) is 0 Å². The molecule has 4 nitrogen and oxygen atoms in total. The molecule has 0 aromatic heterocycles. The van der Waals surface area contributed by atoms with Crippen LogP contribution in [0.15, 0.2) is 24.3 Å². The van der Waals surface area contributed by atoms with Gasteiger partial charge in [0.2, 0.25) is 0 Å². The van der Waals surface area contributed by atoms with Crippen molar-refractivity contribution in [2.45, 2.75) is 32.4 Å². The van der Waals surface area contributed by atoms with Crippen molar-refractivity contribution in [3.05, 3.63) is 35.4 Å². The average Bonchev–Trinajstić information content (AvgIpc) is 2.84. The fourth-order valence-corrected chi connectivity index (χ4v) is 3.07. The number of nitrogens with zero attached hydrogens (tertiary/aromatic N) is 1. The minimum absolute atomic E-state index is 0.146. The molecule has 1 aromatic rings. The van der Waals surface area contributed by atoms with E-state index >= 15 is 0 Å². The molecule has 1 aliphatic rings. The van der Waals surface area contributed by atoms with Gasteiger partial charge in [-0.05, 0) is 31.4 Å². The van der Waals surface area contributed by atoms with Crippen LogP contribution in [0, 0.1) is 0 Å². The lowest BCUT2D eigenvalue weighted by atomic mass is 10.1. The molecule has 0 aliphatic heterocycles. The lowest BCUT2D eigenvalue weighted by Crippen LogP contribution is -2.34. The van der Waals surface area contributed by atoms with Gasteiger partial charge in [-0.3, -0.25) is 4.90 Å². The summed E-state index contributed by atoms with van der Waals surface area (Å²) in [6.45, 7) is 8.96. The molecule has 1 aliphatic carbocycles. The zero-order valence-electron chi connectivity index (χ0n) is 13.3. The summed E-state index contributed by atoms with van der Waals surface area (Å²) < 4.78 is 11.1. The van der Waals surface area contributed by atoms with E-state index in [2.05, 4.69) is 29.2 Å². The summed E-state index contributed by atoms with van der Waals surface area (Å²) >= 11 is 0. The molecule has 2 rings (SSSR count). The first-order valence-electron chi connectivity index (χ1n) is 8.01. The van der Waals surface area contributed by atoms with E-state index in [1.54, 1.807) is 0 Å². The fourth-order valence-electron chi connectivity index (χ4n) is 3.07. The number of hydrogen-bond acceptors (Lipinski definition) is 4. The van der Waals surface area contributed by atoms with Crippen LogP contribution in [0.5, 0.6) is 0 Å². The van der Waals surface area contributed by atoms with E-state index in [1.165, 1.54) is 11.1 Å². The molecule has 1 aromatic carbocycles. The van der Waals surface area contributed by atoms with Crippen molar-refractivity contribution < 1.29 is 9.47 Å². The van der Waals surface area contributed by atoms with Crippen LogP contribution >= 0.6 is 0 Å². The second-order valence-corrected chi connectivity index (χ2v) is 5.42. The Kier molecular flexibility index (Phi) is 6.64. The van der Waals surface area contributed by atoms with Crippen LogP contribution in [-0.2, 0) is 9.47 Å². The number of hydrogen-bond donors (Lipinski definition) is 1. The van der Waals surface area contributed by atoms with E-state index in [-0.39, 0.29) is 6.04 Å². The Morgan fingerprint density at radius 2 is 1.62 bits per heavy atom. The van der Waals surface area contributed by atoms with Gasteiger partial charge in [-0.2, -0.15) is 0 Å². The van der Waals surface area contributed by atoms with E-state index in [0.717, 1.165) is 45.9 Å². The van der Waals surface area contributed by atoms with Gasteiger partial charge in [0, 0.05) is 38.4 Å². The summed E-state index contributed by atoms with van der Waals surface area (Å²) in [6, 6.07) is 9.08. The third-order valence-corrected chi connectivity index (χ3v) is 4.13. The van der Waals surface area contributed by atoms with Crippen LogP contribution in [0.2, 0.25) is 0 Å². The van der Waals surface area contributed by atoms with Crippen molar-refractivity contribution in [2.75, 3.05) is 39.5 Å². The van der Waals surface area contributed by atoms with Crippen molar-refractivity contribution in [3.63, 3.8) is 0 Å². The van der Waals surface area contributed by atoms with Crippen LogP contribution in [0.1, 0.15) is 43.5 Å². The van der Waals surface area contributed by atoms with E-state index < -0.39 is 0 Å². The number of rotatable bonds is 9. The van der Waals surface area contributed by atoms with Gasteiger partial charge in [0.25, 0.3) is 0 Å². The molecule has 0 heterocycles. The van der Waals surface area contributed by atoms with Gasteiger partial charge in [-0.25, -0.2) is 0 Å². The molecule has 0 radical (unpaired) electrons. The maximum Gasteiger partial charge on any atom is 0.0593 e. The number of nitrogens with two attached hydrogens (primary N) is 1. The topological polar surface area (TPSA) is 47.7 Å². The molecule has 21 heavy (non-hydrogen) atoms. The first-order chi connectivity index (χ1) is 10.3. The van der Waals surface area contributed by atoms with Crippen molar-refractivity contribution in [1.29, 1.82) is 0 Å². The molecule has 0 saturated carbocycles. The molecule has 0 fully saturated rings. The Morgan fingerprint density at radius 3 is 2.19 bits per heavy atom.